The summed E-state index contributed by atoms with van der Waals surface area (Å²) in [6, 6.07) is 0. The quantitative estimate of drug-likeness (QED) is 0.571. The monoisotopic (exact) mass is 186 g/mol. The second-order valence-electron chi connectivity index (χ2n) is 4.01. The summed E-state index contributed by atoms with van der Waals surface area (Å²) in [6.07, 6.45) is 5.13. The summed E-state index contributed by atoms with van der Waals surface area (Å²) in [5, 5.41) is 0. The van der Waals surface area contributed by atoms with Crippen LogP contribution < -0.4 is 0 Å². The van der Waals surface area contributed by atoms with Crippen molar-refractivity contribution >= 4 is 6.29 Å². The summed E-state index contributed by atoms with van der Waals surface area (Å²) < 4.78 is 5.41. The topological polar surface area (TPSA) is 26.3 Å². The van der Waals surface area contributed by atoms with Gasteiger partial charge >= 0.3 is 0 Å². The molecule has 0 aliphatic carbocycles. The van der Waals surface area contributed by atoms with E-state index in [0.29, 0.717) is 0 Å². The van der Waals surface area contributed by atoms with Crippen LogP contribution in [0.3, 0.4) is 0 Å². The molecule has 2 heteroatoms. The first-order valence-corrected chi connectivity index (χ1v) is 5.08. The summed E-state index contributed by atoms with van der Waals surface area (Å²) in [5.41, 5.74) is 0.00258. The molecular weight excluding hydrogens is 164 g/mol. The van der Waals surface area contributed by atoms with Gasteiger partial charge < -0.3 is 9.53 Å². The molecule has 0 heterocycles. The van der Waals surface area contributed by atoms with E-state index in [1.54, 1.807) is 7.11 Å². The van der Waals surface area contributed by atoms with Crippen LogP contribution in [0.15, 0.2) is 0 Å². The van der Waals surface area contributed by atoms with Crippen molar-refractivity contribution < 1.29 is 9.53 Å². The number of hydrogen-bond acceptors (Lipinski definition) is 2. The Hall–Kier alpha value is -0.370. The second kappa shape index (κ2) is 6.14. The highest BCUT2D eigenvalue weighted by molar-refractivity contribution is 5.52. The van der Waals surface area contributed by atoms with E-state index >= 15 is 0 Å². The van der Waals surface area contributed by atoms with Gasteiger partial charge in [0.25, 0.3) is 0 Å². The molecule has 0 aliphatic heterocycles. The number of ether oxygens (including phenoxy) is 1. The first kappa shape index (κ1) is 12.6. The van der Waals surface area contributed by atoms with Gasteiger partial charge in [-0.2, -0.15) is 0 Å². The van der Waals surface area contributed by atoms with E-state index < -0.39 is 0 Å². The van der Waals surface area contributed by atoms with E-state index in [1.807, 2.05) is 6.92 Å². The largest absolute Gasteiger partial charge is 0.379 e. The lowest BCUT2D eigenvalue weighted by Gasteiger charge is -2.26. The Balaban J connectivity index is 3.67. The van der Waals surface area contributed by atoms with Crippen molar-refractivity contribution in [3.8, 4) is 0 Å². The SMILES string of the molecule is CCC(C)(CCCC(C)C=O)OC. The molecule has 0 fully saturated rings. The average molecular weight is 186 g/mol. The van der Waals surface area contributed by atoms with Crippen molar-refractivity contribution in [3.63, 3.8) is 0 Å². The molecule has 2 atom stereocenters. The van der Waals surface area contributed by atoms with Crippen molar-refractivity contribution in [3.05, 3.63) is 0 Å². The van der Waals surface area contributed by atoms with Crippen LogP contribution in [-0.4, -0.2) is 19.0 Å². The third-order valence-electron chi connectivity index (χ3n) is 2.84. The number of methoxy groups -OCH3 is 1. The Morgan fingerprint density at radius 2 is 2.15 bits per heavy atom. The highest BCUT2D eigenvalue weighted by Gasteiger charge is 2.20. The minimum Gasteiger partial charge on any atom is -0.379 e. The van der Waals surface area contributed by atoms with Crippen molar-refractivity contribution in [2.24, 2.45) is 5.92 Å². The second-order valence-corrected chi connectivity index (χ2v) is 4.01. The van der Waals surface area contributed by atoms with Gasteiger partial charge in [0.1, 0.15) is 6.29 Å². The fourth-order valence-corrected chi connectivity index (χ4v) is 1.29. The Bertz CT molecular complexity index is 139. The van der Waals surface area contributed by atoms with Gasteiger partial charge in [0, 0.05) is 13.0 Å². The van der Waals surface area contributed by atoms with E-state index in [2.05, 4.69) is 13.8 Å². The van der Waals surface area contributed by atoms with Gasteiger partial charge in [0.2, 0.25) is 0 Å². The predicted molar refractivity (Wildman–Crippen MR) is 54.8 cm³/mol. The molecule has 0 bridgehead atoms. The smallest absolute Gasteiger partial charge is 0.122 e. The Morgan fingerprint density at radius 3 is 2.54 bits per heavy atom. The van der Waals surface area contributed by atoms with Crippen LogP contribution in [0.2, 0.25) is 0 Å². The summed E-state index contributed by atoms with van der Waals surface area (Å²) >= 11 is 0. The molecule has 0 aliphatic rings. The molecule has 0 aromatic rings. The Kier molecular flexibility index (Phi) is 5.97. The lowest BCUT2D eigenvalue weighted by Crippen LogP contribution is -2.26. The summed E-state index contributed by atoms with van der Waals surface area (Å²) in [4.78, 5) is 10.4. The molecule has 0 aromatic carbocycles. The van der Waals surface area contributed by atoms with Gasteiger partial charge in [0.05, 0.1) is 5.60 Å². The van der Waals surface area contributed by atoms with Crippen LogP contribution >= 0.6 is 0 Å². The molecule has 2 nitrogen and oxygen atoms in total. The fourth-order valence-electron chi connectivity index (χ4n) is 1.29. The Labute approximate surface area is 81.7 Å². The molecule has 0 radical (unpaired) electrons. The number of hydrogen-bond donors (Lipinski definition) is 0. The van der Waals surface area contributed by atoms with Crippen LogP contribution in [0.5, 0.6) is 0 Å². The summed E-state index contributed by atoms with van der Waals surface area (Å²) in [7, 11) is 1.76. The van der Waals surface area contributed by atoms with Crippen LogP contribution in [0, 0.1) is 5.92 Å². The van der Waals surface area contributed by atoms with Gasteiger partial charge in [-0.15, -0.1) is 0 Å². The van der Waals surface area contributed by atoms with Crippen molar-refractivity contribution in [2.75, 3.05) is 7.11 Å². The molecule has 13 heavy (non-hydrogen) atoms. The maximum absolute atomic E-state index is 10.4. The van der Waals surface area contributed by atoms with E-state index in [9.17, 15) is 4.79 Å². The molecular formula is C11H22O2. The lowest BCUT2D eigenvalue weighted by atomic mass is 9.93. The molecule has 0 saturated carbocycles. The van der Waals surface area contributed by atoms with E-state index in [-0.39, 0.29) is 11.5 Å². The molecule has 0 rings (SSSR count). The minimum absolute atomic E-state index is 0.00258. The number of aldehydes is 1. The van der Waals surface area contributed by atoms with E-state index in [4.69, 9.17) is 4.74 Å². The fraction of sp³-hybridized carbons (Fsp3) is 0.909. The molecule has 0 saturated heterocycles. The van der Waals surface area contributed by atoms with Gasteiger partial charge in [-0.25, -0.2) is 0 Å². The standard InChI is InChI=1S/C11H22O2/c1-5-11(3,13-4)8-6-7-10(2)9-12/h9-10H,5-8H2,1-4H3. The zero-order valence-corrected chi connectivity index (χ0v) is 9.30. The van der Waals surface area contributed by atoms with Crippen molar-refractivity contribution in [2.45, 2.75) is 52.1 Å². The molecule has 78 valence electrons. The first-order chi connectivity index (χ1) is 6.08. The number of rotatable bonds is 7. The highest BCUT2D eigenvalue weighted by atomic mass is 16.5. The van der Waals surface area contributed by atoms with E-state index in [0.717, 1.165) is 32.0 Å². The van der Waals surface area contributed by atoms with Gasteiger partial charge in [-0.3, -0.25) is 0 Å². The molecule has 2 unspecified atom stereocenters. The van der Waals surface area contributed by atoms with Gasteiger partial charge in [0.15, 0.2) is 0 Å². The van der Waals surface area contributed by atoms with Crippen LogP contribution in [-0.2, 0) is 9.53 Å². The van der Waals surface area contributed by atoms with Crippen LogP contribution in [0.4, 0.5) is 0 Å². The zero-order valence-electron chi connectivity index (χ0n) is 9.30. The summed E-state index contributed by atoms with van der Waals surface area (Å²) in [6.45, 7) is 6.22. The van der Waals surface area contributed by atoms with Gasteiger partial charge in [-0.1, -0.05) is 13.8 Å². The molecule has 0 spiro atoms. The average Bonchev–Trinajstić information content (AvgIpc) is 2.17. The maximum atomic E-state index is 10.4. The maximum Gasteiger partial charge on any atom is 0.122 e. The number of carbonyl (C=O) groups excluding carboxylic acids is 1. The third-order valence-corrected chi connectivity index (χ3v) is 2.84. The third kappa shape index (κ3) is 5.04. The lowest BCUT2D eigenvalue weighted by molar-refractivity contribution is -0.110. The minimum atomic E-state index is 0.00258. The molecule has 0 aromatic heterocycles. The van der Waals surface area contributed by atoms with Crippen LogP contribution in [0.1, 0.15) is 46.5 Å². The van der Waals surface area contributed by atoms with Gasteiger partial charge in [-0.05, 0) is 32.6 Å². The Morgan fingerprint density at radius 1 is 1.54 bits per heavy atom. The normalized spacial score (nSPS) is 17.8. The predicted octanol–water partition coefficient (Wildman–Crippen LogP) is 2.81. The van der Waals surface area contributed by atoms with Crippen molar-refractivity contribution in [1.82, 2.24) is 0 Å². The van der Waals surface area contributed by atoms with E-state index in [1.165, 1.54) is 0 Å². The molecule has 0 amide bonds. The zero-order chi connectivity index (χ0) is 10.3. The highest BCUT2D eigenvalue weighted by Crippen LogP contribution is 2.22. The summed E-state index contributed by atoms with van der Waals surface area (Å²) in [5.74, 6) is 0.193. The van der Waals surface area contributed by atoms with Crippen molar-refractivity contribution in [1.29, 1.82) is 0 Å². The first-order valence-electron chi connectivity index (χ1n) is 5.08. The van der Waals surface area contributed by atoms with Crippen LogP contribution in [0.25, 0.3) is 0 Å². The number of carbonyl (C=O) groups is 1. The molecule has 0 N–H and O–H groups in total.